The van der Waals surface area contributed by atoms with Gasteiger partial charge in [0.2, 0.25) is 0 Å². The standard InChI is InChI=1S/C26H36N2O3/c1-4-5-6-7-8-9-10-11-18-31-24-16-14-23(15-17-24)26(29)28-27-20-22-13-12-21(2)25(19-22)30-3/h12-17,19-20H,4-11,18H2,1-3H3,(H,28,29)/b27-20+. The Morgan fingerprint density at radius 3 is 2.32 bits per heavy atom. The molecule has 0 fully saturated rings. The van der Waals surface area contributed by atoms with Crippen LogP contribution in [0.5, 0.6) is 11.5 Å². The number of hydrogen-bond acceptors (Lipinski definition) is 4. The Labute approximate surface area is 186 Å². The molecule has 0 unspecified atom stereocenters. The van der Waals surface area contributed by atoms with Crippen molar-refractivity contribution in [3.05, 3.63) is 59.2 Å². The summed E-state index contributed by atoms with van der Waals surface area (Å²) in [5.41, 5.74) is 5.00. The molecule has 1 amide bonds. The van der Waals surface area contributed by atoms with Crippen LogP contribution in [0.3, 0.4) is 0 Å². The van der Waals surface area contributed by atoms with E-state index in [1.165, 1.54) is 44.9 Å². The third kappa shape index (κ3) is 9.24. The Morgan fingerprint density at radius 2 is 1.65 bits per heavy atom. The van der Waals surface area contributed by atoms with Crippen LogP contribution in [0.25, 0.3) is 0 Å². The number of ether oxygens (including phenoxy) is 2. The average molecular weight is 425 g/mol. The first-order chi connectivity index (χ1) is 15.1. The highest BCUT2D eigenvalue weighted by Crippen LogP contribution is 2.18. The van der Waals surface area contributed by atoms with Gasteiger partial charge < -0.3 is 9.47 Å². The van der Waals surface area contributed by atoms with Gasteiger partial charge in [-0.1, -0.05) is 64.0 Å². The molecule has 0 radical (unpaired) electrons. The van der Waals surface area contributed by atoms with Crippen molar-refractivity contribution in [2.75, 3.05) is 13.7 Å². The van der Waals surface area contributed by atoms with E-state index >= 15 is 0 Å². The quantitative estimate of drug-likeness (QED) is 0.220. The SMILES string of the molecule is CCCCCCCCCCOc1ccc(C(=O)N/N=C/c2ccc(C)c(OC)c2)cc1. The molecule has 5 nitrogen and oxygen atoms in total. The lowest BCUT2D eigenvalue weighted by Crippen LogP contribution is -2.17. The summed E-state index contributed by atoms with van der Waals surface area (Å²) in [5, 5.41) is 4.04. The molecule has 0 aliphatic rings. The van der Waals surface area contributed by atoms with Crippen LogP contribution in [0.4, 0.5) is 0 Å². The lowest BCUT2D eigenvalue weighted by atomic mass is 10.1. The van der Waals surface area contributed by atoms with Crippen LogP contribution < -0.4 is 14.9 Å². The van der Waals surface area contributed by atoms with Crippen LogP contribution in [0.2, 0.25) is 0 Å². The van der Waals surface area contributed by atoms with Gasteiger partial charge in [0.1, 0.15) is 11.5 Å². The zero-order chi connectivity index (χ0) is 22.3. The Hall–Kier alpha value is -2.82. The van der Waals surface area contributed by atoms with Crippen molar-refractivity contribution >= 4 is 12.1 Å². The number of carbonyl (C=O) groups is 1. The topological polar surface area (TPSA) is 59.9 Å². The van der Waals surface area contributed by atoms with E-state index in [2.05, 4.69) is 17.5 Å². The number of nitrogens with one attached hydrogen (secondary N) is 1. The molecule has 0 aliphatic heterocycles. The summed E-state index contributed by atoms with van der Waals surface area (Å²) in [6, 6.07) is 12.9. The van der Waals surface area contributed by atoms with Crippen LogP contribution in [0, 0.1) is 6.92 Å². The lowest BCUT2D eigenvalue weighted by molar-refractivity contribution is 0.0955. The second-order valence-electron chi connectivity index (χ2n) is 7.78. The van der Waals surface area contributed by atoms with Gasteiger partial charge in [-0.3, -0.25) is 4.79 Å². The van der Waals surface area contributed by atoms with E-state index in [4.69, 9.17) is 9.47 Å². The maximum Gasteiger partial charge on any atom is 0.271 e. The number of hydrogen-bond donors (Lipinski definition) is 1. The number of hydrazone groups is 1. The van der Waals surface area contributed by atoms with Crippen LogP contribution in [-0.4, -0.2) is 25.8 Å². The Morgan fingerprint density at radius 1 is 0.968 bits per heavy atom. The number of amides is 1. The minimum atomic E-state index is -0.259. The third-order valence-electron chi connectivity index (χ3n) is 5.19. The number of methoxy groups -OCH3 is 1. The van der Waals surface area contributed by atoms with E-state index in [1.54, 1.807) is 25.5 Å². The molecule has 2 aromatic carbocycles. The molecule has 0 saturated carbocycles. The second-order valence-corrected chi connectivity index (χ2v) is 7.78. The van der Waals surface area contributed by atoms with Crippen LogP contribution in [-0.2, 0) is 0 Å². The first-order valence-electron chi connectivity index (χ1n) is 11.3. The molecule has 0 atom stereocenters. The smallest absolute Gasteiger partial charge is 0.271 e. The van der Waals surface area contributed by atoms with Gasteiger partial charge in [-0.25, -0.2) is 5.43 Å². The molecule has 0 aliphatic carbocycles. The van der Waals surface area contributed by atoms with Crippen molar-refractivity contribution in [1.82, 2.24) is 5.43 Å². The van der Waals surface area contributed by atoms with Gasteiger partial charge in [0, 0.05) is 5.56 Å². The van der Waals surface area contributed by atoms with Gasteiger partial charge in [0.05, 0.1) is 19.9 Å². The normalized spacial score (nSPS) is 10.9. The first-order valence-corrected chi connectivity index (χ1v) is 11.3. The summed E-state index contributed by atoms with van der Waals surface area (Å²) < 4.78 is 11.1. The van der Waals surface area contributed by atoms with Crippen molar-refractivity contribution in [3.8, 4) is 11.5 Å². The number of aryl methyl sites for hydroxylation is 1. The zero-order valence-corrected chi connectivity index (χ0v) is 19.2. The molecule has 0 spiro atoms. The lowest BCUT2D eigenvalue weighted by Gasteiger charge is -2.07. The Bertz CT molecular complexity index is 816. The molecular weight excluding hydrogens is 388 g/mol. The molecule has 2 rings (SSSR count). The van der Waals surface area contributed by atoms with Crippen molar-refractivity contribution in [3.63, 3.8) is 0 Å². The number of nitrogens with zero attached hydrogens (tertiary/aromatic N) is 1. The fraction of sp³-hybridized carbons (Fsp3) is 0.462. The van der Waals surface area contributed by atoms with Gasteiger partial charge in [0.25, 0.3) is 5.91 Å². The molecule has 0 saturated heterocycles. The fourth-order valence-electron chi connectivity index (χ4n) is 3.28. The van der Waals surface area contributed by atoms with Crippen molar-refractivity contribution in [2.45, 2.75) is 65.2 Å². The van der Waals surface area contributed by atoms with E-state index in [9.17, 15) is 4.79 Å². The van der Waals surface area contributed by atoms with Gasteiger partial charge >= 0.3 is 0 Å². The molecule has 5 heteroatoms. The Balaban J connectivity index is 1.68. The highest BCUT2D eigenvalue weighted by atomic mass is 16.5. The van der Waals surface area contributed by atoms with E-state index in [1.807, 2.05) is 37.3 Å². The highest BCUT2D eigenvalue weighted by Gasteiger charge is 2.05. The number of benzene rings is 2. The minimum Gasteiger partial charge on any atom is -0.496 e. The predicted octanol–water partition coefficient (Wildman–Crippen LogP) is 6.29. The van der Waals surface area contributed by atoms with Gasteiger partial charge in [0.15, 0.2) is 0 Å². The van der Waals surface area contributed by atoms with Crippen LogP contribution >= 0.6 is 0 Å². The summed E-state index contributed by atoms with van der Waals surface area (Å²) >= 11 is 0. The monoisotopic (exact) mass is 424 g/mol. The van der Waals surface area contributed by atoms with E-state index in [-0.39, 0.29) is 5.91 Å². The second kappa shape index (κ2) is 14.2. The molecular formula is C26H36N2O3. The van der Waals surface area contributed by atoms with Crippen molar-refractivity contribution in [2.24, 2.45) is 5.10 Å². The molecule has 0 heterocycles. The summed E-state index contributed by atoms with van der Waals surface area (Å²) in [7, 11) is 1.63. The average Bonchev–Trinajstić information content (AvgIpc) is 2.79. The van der Waals surface area contributed by atoms with Crippen molar-refractivity contribution < 1.29 is 14.3 Å². The number of unbranched alkanes of at least 4 members (excludes halogenated alkanes) is 7. The minimum absolute atomic E-state index is 0.259. The van der Waals surface area contributed by atoms with Crippen LogP contribution in [0.1, 0.15) is 79.8 Å². The highest BCUT2D eigenvalue weighted by molar-refractivity contribution is 5.95. The fourth-order valence-corrected chi connectivity index (χ4v) is 3.28. The molecule has 0 bridgehead atoms. The molecule has 1 N–H and O–H groups in total. The molecule has 0 aromatic heterocycles. The van der Waals surface area contributed by atoms with E-state index in [0.717, 1.165) is 29.0 Å². The summed E-state index contributed by atoms with van der Waals surface area (Å²) in [6.07, 6.45) is 11.8. The number of rotatable bonds is 14. The Kier molecular flexibility index (Phi) is 11.2. The van der Waals surface area contributed by atoms with Gasteiger partial charge in [-0.05, 0) is 54.8 Å². The molecule has 31 heavy (non-hydrogen) atoms. The molecule has 168 valence electrons. The van der Waals surface area contributed by atoms with Crippen molar-refractivity contribution in [1.29, 1.82) is 0 Å². The number of carbonyl (C=O) groups excluding carboxylic acids is 1. The maximum absolute atomic E-state index is 12.3. The summed E-state index contributed by atoms with van der Waals surface area (Å²) in [4.78, 5) is 12.3. The third-order valence-corrected chi connectivity index (χ3v) is 5.19. The predicted molar refractivity (Wildman–Crippen MR) is 127 cm³/mol. The van der Waals surface area contributed by atoms with Gasteiger partial charge in [-0.2, -0.15) is 5.10 Å². The largest absolute Gasteiger partial charge is 0.496 e. The summed E-state index contributed by atoms with van der Waals surface area (Å²) in [5.74, 6) is 1.32. The summed E-state index contributed by atoms with van der Waals surface area (Å²) in [6.45, 7) is 4.93. The first kappa shape index (κ1) is 24.4. The van der Waals surface area contributed by atoms with E-state index < -0.39 is 0 Å². The zero-order valence-electron chi connectivity index (χ0n) is 19.2. The van der Waals surface area contributed by atoms with Gasteiger partial charge in [-0.15, -0.1) is 0 Å². The van der Waals surface area contributed by atoms with E-state index in [0.29, 0.717) is 12.2 Å². The van der Waals surface area contributed by atoms with Crippen LogP contribution in [0.15, 0.2) is 47.6 Å². The maximum atomic E-state index is 12.3. The molecule has 2 aromatic rings.